The van der Waals surface area contributed by atoms with E-state index in [1.54, 1.807) is 0 Å². The molecule has 3 heteroatoms. The van der Waals surface area contributed by atoms with Crippen LogP contribution in [0.5, 0.6) is 0 Å². The van der Waals surface area contributed by atoms with Crippen molar-refractivity contribution in [2.24, 2.45) is 0 Å². The van der Waals surface area contributed by atoms with Gasteiger partial charge in [0, 0.05) is 29.9 Å². The predicted octanol–water partition coefficient (Wildman–Crippen LogP) is 2.18. The Hall–Kier alpha value is -0.830. The molecule has 86 valence electrons. The number of nitrogens with one attached hydrogen (secondary N) is 1. The lowest BCUT2D eigenvalue weighted by Crippen LogP contribution is -2.32. The molecule has 0 bridgehead atoms. The molecule has 0 aromatic carbocycles. The molecule has 1 N–H and O–H groups in total. The lowest BCUT2D eigenvalue weighted by Gasteiger charge is -2.28. The fraction of sp³-hybridized carbons (Fsp3) is 0.750. The van der Waals surface area contributed by atoms with Gasteiger partial charge in [-0.1, -0.05) is 13.8 Å². The van der Waals surface area contributed by atoms with Crippen molar-refractivity contribution in [2.75, 3.05) is 7.05 Å². The van der Waals surface area contributed by atoms with E-state index in [-0.39, 0.29) is 5.41 Å². The maximum atomic E-state index is 4.33. The Bertz CT molecular complexity index is 302. The van der Waals surface area contributed by atoms with Crippen LogP contribution in [0.15, 0.2) is 12.3 Å². The number of hydrogen-bond donors (Lipinski definition) is 1. The fourth-order valence-electron chi connectivity index (χ4n) is 2.13. The van der Waals surface area contributed by atoms with Gasteiger partial charge in [0.2, 0.25) is 0 Å². The van der Waals surface area contributed by atoms with Crippen molar-refractivity contribution < 1.29 is 0 Å². The summed E-state index contributed by atoms with van der Waals surface area (Å²) in [5.41, 5.74) is 1.50. The Morgan fingerprint density at radius 3 is 2.73 bits per heavy atom. The molecule has 1 atom stereocenters. The van der Waals surface area contributed by atoms with Crippen LogP contribution >= 0.6 is 0 Å². The molecule has 0 fully saturated rings. The van der Waals surface area contributed by atoms with E-state index in [2.05, 4.69) is 48.9 Å². The Morgan fingerprint density at radius 1 is 1.53 bits per heavy atom. The van der Waals surface area contributed by atoms with Crippen molar-refractivity contribution in [3.8, 4) is 0 Å². The van der Waals surface area contributed by atoms with Gasteiger partial charge < -0.3 is 5.32 Å². The maximum absolute atomic E-state index is 4.33. The second-order valence-electron chi connectivity index (χ2n) is 4.81. The Labute approximate surface area is 92.9 Å². The van der Waals surface area contributed by atoms with Gasteiger partial charge in [-0.2, -0.15) is 5.10 Å². The summed E-state index contributed by atoms with van der Waals surface area (Å²) in [6.45, 7) is 9.86. The molecular formula is C12H23N3. The molecule has 0 radical (unpaired) electrons. The highest BCUT2D eigenvalue weighted by atomic mass is 15.3. The lowest BCUT2D eigenvalue weighted by atomic mass is 9.83. The van der Waals surface area contributed by atoms with Crippen molar-refractivity contribution in [3.63, 3.8) is 0 Å². The maximum Gasteiger partial charge on any atom is 0.0492 e. The third-order valence-corrected chi connectivity index (χ3v) is 3.02. The lowest BCUT2D eigenvalue weighted by molar-refractivity contribution is 0.376. The summed E-state index contributed by atoms with van der Waals surface area (Å²) in [5.74, 6) is 0. The zero-order valence-electron chi connectivity index (χ0n) is 10.5. The van der Waals surface area contributed by atoms with Gasteiger partial charge in [0.25, 0.3) is 0 Å². The SMILES string of the molecule is CCn1nccc1C(C)(C)CC(C)NC. The van der Waals surface area contributed by atoms with E-state index in [4.69, 9.17) is 0 Å². The van der Waals surface area contributed by atoms with E-state index in [0.717, 1.165) is 13.0 Å². The monoisotopic (exact) mass is 209 g/mol. The zero-order chi connectivity index (χ0) is 11.5. The van der Waals surface area contributed by atoms with Gasteiger partial charge in [-0.05, 0) is 33.4 Å². The molecule has 15 heavy (non-hydrogen) atoms. The van der Waals surface area contributed by atoms with Gasteiger partial charge >= 0.3 is 0 Å². The van der Waals surface area contributed by atoms with E-state index in [1.165, 1.54) is 5.69 Å². The third kappa shape index (κ3) is 2.81. The summed E-state index contributed by atoms with van der Waals surface area (Å²) in [7, 11) is 2.01. The first-order chi connectivity index (χ1) is 7.01. The van der Waals surface area contributed by atoms with Crippen LogP contribution in [0.1, 0.15) is 39.8 Å². The summed E-state index contributed by atoms with van der Waals surface area (Å²) in [4.78, 5) is 0. The summed E-state index contributed by atoms with van der Waals surface area (Å²) in [6, 6.07) is 2.66. The Kier molecular flexibility index (Phi) is 3.91. The highest BCUT2D eigenvalue weighted by molar-refractivity contribution is 5.14. The smallest absolute Gasteiger partial charge is 0.0492 e. The van der Waals surface area contributed by atoms with Crippen LogP contribution in [0.4, 0.5) is 0 Å². The van der Waals surface area contributed by atoms with Gasteiger partial charge in [0.15, 0.2) is 0 Å². The van der Waals surface area contributed by atoms with E-state index in [1.807, 2.05) is 13.2 Å². The first-order valence-electron chi connectivity index (χ1n) is 5.70. The van der Waals surface area contributed by atoms with Crippen LogP contribution in [0.25, 0.3) is 0 Å². The number of aromatic nitrogens is 2. The molecule has 0 spiro atoms. The molecule has 3 nitrogen and oxygen atoms in total. The number of hydrogen-bond acceptors (Lipinski definition) is 2. The van der Waals surface area contributed by atoms with Gasteiger partial charge in [0.05, 0.1) is 0 Å². The summed E-state index contributed by atoms with van der Waals surface area (Å²) < 4.78 is 2.09. The standard InChI is InChI=1S/C12H23N3/c1-6-15-11(7-8-14-15)12(3,4)9-10(2)13-5/h7-8,10,13H,6,9H2,1-5H3. The van der Waals surface area contributed by atoms with E-state index in [0.29, 0.717) is 6.04 Å². The van der Waals surface area contributed by atoms with E-state index in [9.17, 15) is 0 Å². The minimum Gasteiger partial charge on any atom is -0.317 e. The van der Waals surface area contributed by atoms with Crippen molar-refractivity contribution in [1.29, 1.82) is 0 Å². The topological polar surface area (TPSA) is 29.9 Å². The number of nitrogens with zero attached hydrogens (tertiary/aromatic N) is 2. The molecule has 0 saturated heterocycles. The van der Waals surface area contributed by atoms with Crippen molar-refractivity contribution in [1.82, 2.24) is 15.1 Å². The predicted molar refractivity (Wildman–Crippen MR) is 64.1 cm³/mol. The third-order valence-electron chi connectivity index (χ3n) is 3.02. The van der Waals surface area contributed by atoms with Gasteiger partial charge in [-0.25, -0.2) is 0 Å². The number of aryl methyl sites for hydroxylation is 1. The van der Waals surface area contributed by atoms with E-state index >= 15 is 0 Å². The van der Waals surface area contributed by atoms with Crippen LogP contribution in [0.2, 0.25) is 0 Å². The molecule has 1 heterocycles. The largest absolute Gasteiger partial charge is 0.317 e. The molecule has 1 aromatic heterocycles. The molecule has 0 aliphatic carbocycles. The molecule has 0 saturated carbocycles. The van der Waals surface area contributed by atoms with Crippen molar-refractivity contribution >= 4 is 0 Å². The normalized spacial score (nSPS) is 14.2. The minimum atomic E-state index is 0.176. The second-order valence-corrected chi connectivity index (χ2v) is 4.81. The van der Waals surface area contributed by atoms with Crippen LogP contribution in [0, 0.1) is 0 Å². The van der Waals surface area contributed by atoms with Crippen LogP contribution in [-0.4, -0.2) is 22.9 Å². The van der Waals surface area contributed by atoms with Crippen molar-refractivity contribution in [3.05, 3.63) is 18.0 Å². The summed E-state index contributed by atoms with van der Waals surface area (Å²) in [5, 5.41) is 7.62. The minimum absolute atomic E-state index is 0.176. The first-order valence-corrected chi connectivity index (χ1v) is 5.70. The van der Waals surface area contributed by atoms with Crippen LogP contribution in [0.3, 0.4) is 0 Å². The summed E-state index contributed by atoms with van der Waals surface area (Å²) >= 11 is 0. The highest BCUT2D eigenvalue weighted by Crippen LogP contribution is 2.27. The molecule has 1 aromatic rings. The highest BCUT2D eigenvalue weighted by Gasteiger charge is 2.25. The molecular weight excluding hydrogens is 186 g/mol. The molecule has 1 unspecified atom stereocenters. The van der Waals surface area contributed by atoms with Crippen LogP contribution in [-0.2, 0) is 12.0 Å². The first kappa shape index (κ1) is 12.2. The van der Waals surface area contributed by atoms with Gasteiger partial charge in [-0.15, -0.1) is 0 Å². The second kappa shape index (κ2) is 4.79. The zero-order valence-corrected chi connectivity index (χ0v) is 10.5. The Morgan fingerprint density at radius 2 is 2.20 bits per heavy atom. The van der Waals surface area contributed by atoms with Crippen molar-refractivity contribution in [2.45, 2.75) is 52.1 Å². The average molecular weight is 209 g/mol. The van der Waals surface area contributed by atoms with Gasteiger partial charge in [-0.3, -0.25) is 4.68 Å². The average Bonchev–Trinajstić information content (AvgIpc) is 2.65. The molecule has 0 amide bonds. The number of rotatable bonds is 5. The Balaban J connectivity index is 2.85. The summed E-state index contributed by atoms with van der Waals surface area (Å²) in [6.07, 6.45) is 3.01. The van der Waals surface area contributed by atoms with Crippen LogP contribution < -0.4 is 5.32 Å². The molecule has 0 aliphatic rings. The quantitative estimate of drug-likeness (QED) is 0.805. The van der Waals surface area contributed by atoms with Gasteiger partial charge in [0.1, 0.15) is 0 Å². The molecule has 1 rings (SSSR count). The fourth-order valence-corrected chi connectivity index (χ4v) is 2.13. The molecule has 0 aliphatic heterocycles. The van der Waals surface area contributed by atoms with E-state index < -0.39 is 0 Å².